The fourth-order valence-corrected chi connectivity index (χ4v) is 3.10. The second-order valence-electron chi connectivity index (χ2n) is 5.07. The van der Waals surface area contributed by atoms with Crippen LogP contribution in [0.5, 0.6) is 0 Å². The van der Waals surface area contributed by atoms with Crippen LogP contribution in [0, 0.1) is 11.8 Å². The van der Waals surface area contributed by atoms with Crippen LogP contribution in [0.3, 0.4) is 0 Å². The van der Waals surface area contributed by atoms with Crippen LogP contribution in [0.15, 0.2) is 0 Å². The lowest BCUT2D eigenvalue weighted by molar-refractivity contribution is -0.142. The molecule has 1 saturated carbocycles. The van der Waals surface area contributed by atoms with Crippen LogP contribution in [-0.4, -0.2) is 24.8 Å². The quantitative estimate of drug-likeness (QED) is 0.520. The number of esters is 1. The van der Waals surface area contributed by atoms with Crippen molar-refractivity contribution in [3.63, 3.8) is 0 Å². The van der Waals surface area contributed by atoms with Crippen molar-refractivity contribution in [2.24, 2.45) is 11.8 Å². The van der Waals surface area contributed by atoms with E-state index in [-0.39, 0.29) is 17.7 Å². The molecule has 2 rings (SSSR count). The molecule has 0 aromatic carbocycles. The second kappa shape index (κ2) is 3.78. The maximum Gasteiger partial charge on any atom is 0.338 e. The first-order chi connectivity index (χ1) is 7.12. The molecule has 0 radical (unpaired) electrons. The molecular weight excluding hydrogens is 192 g/mol. The smallest absolute Gasteiger partial charge is 0.338 e. The van der Waals surface area contributed by atoms with Crippen molar-refractivity contribution >= 4 is 5.97 Å². The van der Waals surface area contributed by atoms with Gasteiger partial charge in [-0.05, 0) is 24.7 Å². The van der Waals surface area contributed by atoms with Gasteiger partial charge in [-0.25, -0.2) is 4.79 Å². The fraction of sp³-hybridized carbons (Fsp3) is 0.917. The van der Waals surface area contributed by atoms with Crippen LogP contribution in [-0.2, 0) is 14.3 Å². The summed E-state index contributed by atoms with van der Waals surface area (Å²) in [5, 5.41) is 0. The van der Waals surface area contributed by atoms with Crippen LogP contribution in [0.2, 0.25) is 0 Å². The maximum atomic E-state index is 11.5. The van der Waals surface area contributed by atoms with E-state index >= 15 is 0 Å². The van der Waals surface area contributed by atoms with E-state index in [1.54, 1.807) is 0 Å². The molecule has 0 amide bonds. The van der Waals surface area contributed by atoms with Gasteiger partial charge in [0.15, 0.2) is 6.10 Å². The Kier molecular flexibility index (Phi) is 2.75. The molecular formula is C12H20O3. The van der Waals surface area contributed by atoms with Gasteiger partial charge in [-0.3, -0.25) is 0 Å². The van der Waals surface area contributed by atoms with E-state index in [9.17, 15) is 4.79 Å². The van der Waals surface area contributed by atoms with Crippen LogP contribution in [0.25, 0.3) is 0 Å². The summed E-state index contributed by atoms with van der Waals surface area (Å²) in [6.45, 7) is 4.43. The highest BCUT2D eigenvalue weighted by Crippen LogP contribution is 2.54. The Labute approximate surface area is 91.1 Å². The van der Waals surface area contributed by atoms with Crippen molar-refractivity contribution in [1.29, 1.82) is 0 Å². The minimum atomic E-state index is -0.282. The monoisotopic (exact) mass is 212 g/mol. The first-order valence-corrected chi connectivity index (χ1v) is 5.87. The zero-order valence-corrected chi connectivity index (χ0v) is 9.79. The molecule has 1 spiro atoms. The van der Waals surface area contributed by atoms with Crippen LogP contribution < -0.4 is 0 Å². The molecule has 15 heavy (non-hydrogen) atoms. The number of rotatable bonds is 2. The number of methoxy groups -OCH3 is 1. The predicted molar refractivity (Wildman–Crippen MR) is 56.4 cm³/mol. The highest BCUT2D eigenvalue weighted by Gasteiger charge is 2.66. The summed E-state index contributed by atoms with van der Waals surface area (Å²) in [6, 6.07) is 0. The van der Waals surface area contributed by atoms with Gasteiger partial charge in [0.05, 0.1) is 7.11 Å². The van der Waals surface area contributed by atoms with E-state index < -0.39 is 0 Å². The summed E-state index contributed by atoms with van der Waals surface area (Å²) in [4.78, 5) is 11.5. The predicted octanol–water partition coefficient (Wildman–Crippen LogP) is 2.14. The summed E-state index contributed by atoms with van der Waals surface area (Å²) in [5.41, 5.74) is -0.167. The molecule has 1 aliphatic heterocycles. The Balaban J connectivity index is 2.10. The third kappa shape index (κ3) is 1.67. The number of epoxide rings is 1. The van der Waals surface area contributed by atoms with Crippen LogP contribution in [0.4, 0.5) is 0 Å². The summed E-state index contributed by atoms with van der Waals surface area (Å²) in [5.74, 6) is 0.915. The van der Waals surface area contributed by atoms with Crippen molar-refractivity contribution in [3.8, 4) is 0 Å². The van der Waals surface area contributed by atoms with Crippen LogP contribution >= 0.6 is 0 Å². The summed E-state index contributed by atoms with van der Waals surface area (Å²) < 4.78 is 10.5. The molecule has 3 unspecified atom stereocenters. The third-order valence-electron chi connectivity index (χ3n) is 3.90. The minimum absolute atomic E-state index is 0.167. The van der Waals surface area contributed by atoms with Gasteiger partial charge in [-0.1, -0.05) is 26.7 Å². The molecule has 1 aliphatic carbocycles. The fourth-order valence-electron chi connectivity index (χ4n) is 3.10. The summed E-state index contributed by atoms with van der Waals surface area (Å²) >= 11 is 0. The highest BCUT2D eigenvalue weighted by molar-refractivity contribution is 5.79. The molecule has 2 aliphatic rings. The molecule has 3 atom stereocenters. The van der Waals surface area contributed by atoms with E-state index in [1.165, 1.54) is 26.4 Å². The summed E-state index contributed by atoms with van der Waals surface area (Å²) in [7, 11) is 1.44. The molecule has 1 saturated heterocycles. The van der Waals surface area contributed by atoms with Gasteiger partial charge in [-0.2, -0.15) is 0 Å². The lowest BCUT2D eigenvalue weighted by Crippen LogP contribution is -2.36. The first-order valence-electron chi connectivity index (χ1n) is 5.87. The highest BCUT2D eigenvalue weighted by atomic mass is 16.7. The van der Waals surface area contributed by atoms with E-state index in [2.05, 4.69) is 13.8 Å². The molecule has 3 nitrogen and oxygen atoms in total. The molecule has 86 valence electrons. The Morgan fingerprint density at radius 2 is 2.20 bits per heavy atom. The number of carbonyl (C=O) groups excluding carboxylic acids is 1. The molecule has 3 heteroatoms. The van der Waals surface area contributed by atoms with Crippen molar-refractivity contribution in [1.82, 2.24) is 0 Å². The molecule has 0 N–H and O–H groups in total. The number of ether oxygens (including phenoxy) is 2. The zero-order chi connectivity index (χ0) is 11.1. The SMILES string of the molecule is COC(=O)C1OC12CCCCC2C(C)C. The van der Waals surface area contributed by atoms with Gasteiger partial charge in [-0.15, -0.1) is 0 Å². The van der Waals surface area contributed by atoms with E-state index in [0.717, 1.165) is 6.42 Å². The maximum absolute atomic E-state index is 11.5. The van der Waals surface area contributed by atoms with Crippen molar-refractivity contribution in [3.05, 3.63) is 0 Å². The number of carbonyl (C=O) groups is 1. The first kappa shape index (κ1) is 10.9. The standard InChI is InChI=1S/C12H20O3/c1-8(2)9-6-4-5-7-12(9)10(15-12)11(13)14-3/h8-10H,4-7H2,1-3H3. The van der Waals surface area contributed by atoms with Gasteiger partial charge in [0.1, 0.15) is 5.60 Å². The van der Waals surface area contributed by atoms with Gasteiger partial charge < -0.3 is 9.47 Å². The minimum Gasteiger partial charge on any atom is -0.467 e. The van der Waals surface area contributed by atoms with E-state index in [0.29, 0.717) is 11.8 Å². The average Bonchev–Trinajstić information content (AvgIpc) is 2.92. The third-order valence-corrected chi connectivity index (χ3v) is 3.90. The Morgan fingerprint density at radius 1 is 1.47 bits per heavy atom. The summed E-state index contributed by atoms with van der Waals surface area (Å²) in [6.07, 6.45) is 4.37. The lowest BCUT2D eigenvalue weighted by Gasteiger charge is -2.32. The van der Waals surface area contributed by atoms with Gasteiger partial charge >= 0.3 is 5.97 Å². The molecule has 0 bridgehead atoms. The molecule has 0 aromatic heterocycles. The molecule has 2 fully saturated rings. The number of hydrogen-bond donors (Lipinski definition) is 0. The van der Waals surface area contributed by atoms with Crippen LogP contribution in [0.1, 0.15) is 39.5 Å². The normalized spacial score (nSPS) is 39.5. The van der Waals surface area contributed by atoms with Crippen molar-refractivity contribution < 1.29 is 14.3 Å². The topological polar surface area (TPSA) is 38.8 Å². The van der Waals surface area contributed by atoms with Gasteiger partial charge in [0.2, 0.25) is 0 Å². The number of hydrogen-bond acceptors (Lipinski definition) is 3. The van der Waals surface area contributed by atoms with Gasteiger partial charge in [0, 0.05) is 0 Å². The Hall–Kier alpha value is -0.570. The van der Waals surface area contributed by atoms with E-state index in [1.807, 2.05) is 0 Å². The molecule has 1 heterocycles. The van der Waals surface area contributed by atoms with Gasteiger partial charge in [0.25, 0.3) is 0 Å². The zero-order valence-electron chi connectivity index (χ0n) is 9.79. The molecule has 0 aromatic rings. The second-order valence-corrected chi connectivity index (χ2v) is 5.07. The Bertz CT molecular complexity index is 262. The Morgan fingerprint density at radius 3 is 2.80 bits per heavy atom. The average molecular weight is 212 g/mol. The largest absolute Gasteiger partial charge is 0.467 e. The van der Waals surface area contributed by atoms with Crippen molar-refractivity contribution in [2.75, 3.05) is 7.11 Å². The lowest BCUT2D eigenvalue weighted by atomic mass is 9.71. The van der Waals surface area contributed by atoms with E-state index in [4.69, 9.17) is 9.47 Å². The van der Waals surface area contributed by atoms with Crippen molar-refractivity contribution in [2.45, 2.75) is 51.2 Å².